The Morgan fingerprint density at radius 1 is 1.47 bits per heavy atom. The van der Waals surface area contributed by atoms with Crippen molar-refractivity contribution in [3.05, 3.63) is 35.9 Å². The number of hydrogen-bond donors (Lipinski definition) is 1. The highest BCUT2D eigenvalue weighted by Gasteiger charge is 2.60. The molecule has 0 spiro atoms. The molecule has 3 nitrogen and oxygen atoms in total. The summed E-state index contributed by atoms with van der Waals surface area (Å²) in [7, 11) is 0. The zero-order valence-electron chi connectivity index (χ0n) is 9.98. The molecule has 1 aliphatic carbocycles. The molecular weight excluding hydrogens is 214 g/mol. The van der Waals surface area contributed by atoms with Gasteiger partial charge in [-0.2, -0.15) is 0 Å². The first-order valence-electron chi connectivity index (χ1n) is 6.13. The van der Waals surface area contributed by atoms with Gasteiger partial charge >= 0.3 is 5.97 Å². The molecule has 3 unspecified atom stereocenters. The fourth-order valence-corrected chi connectivity index (χ4v) is 3.08. The minimum absolute atomic E-state index is 0.0439. The summed E-state index contributed by atoms with van der Waals surface area (Å²) in [5.74, 6) is 0.0174. The van der Waals surface area contributed by atoms with E-state index in [0.717, 1.165) is 18.5 Å². The average molecular weight is 231 g/mol. The highest BCUT2D eigenvalue weighted by atomic mass is 16.5. The van der Waals surface area contributed by atoms with Gasteiger partial charge in [0, 0.05) is 12.6 Å². The van der Waals surface area contributed by atoms with E-state index in [1.807, 2.05) is 30.3 Å². The maximum atomic E-state index is 12.0. The second-order valence-corrected chi connectivity index (χ2v) is 5.42. The topological polar surface area (TPSA) is 38.3 Å². The largest absolute Gasteiger partial charge is 0.461 e. The molecule has 4 rings (SSSR count). The molecule has 2 bridgehead atoms. The van der Waals surface area contributed by atoms with Crippen LogP contribution in [0.2, 0.25) is 0 Å². The molecule has 0 amide bonds. The lowest BCUT2D eigenvalue weighted by Crippen LogP contribution is -2.49. The molecule has 1 aromatic carbocycles. The van der Waals surface area contributed by atoms with Crippen molar-refractivity contribution in [2.24, 2.45) is 11.3 Å². The third-order valence-electron chi connectivity index (χ3n) is 4.09. The molecular formula is C14H17NO2. The molecule has 1 N–H and O–H groups in total. The Kier molecular flexibility index (Phi) is 2.44. The Bertz CT molecular complexity index is 427. The number of hydrogen-bond acceptors (Lipinski definition) is 3. The quantitative estimate of drug-likeness (QED) is 0.805. The van der Waals surface area contributed by atoms with E-state index in [2.05, 4.69) is 12.2 Å². The Hall–Kier alpha value is -1.35. The van der Waals surface area contributed by atoms with Gasteiger partial charge in [-0.1, -0.05) is 37.3 Å². The summed E-state index contributed by atoms with van der Waals surface area (Å²) in [4.78, 5) is 12.0. The predicted molar refractivity (Wildman–Crippen MR) is 64.2 cm³/mol. The van der Waals surface area contributed by atoms with Gasteiger partial charge in [-0.05, 0) is 17.4 Å². The standard InChI is InChI=1S/C14H17NO2/c1-14-7-11(15-9-14)12(14)13(16)17-8-10-5-3-2-4-6-10/h2-6,11-12,15H,7-9H2,1H3. The number of benzene rings is 1. The molecule has 2 saturated heterocycles. The van der Waals surface area contributed by atoms with Crippen molar-refractivity contribution in [3.8, 4) is 0 Å². The number of nitrogens with one attached hydrogen (secondary N) is 1. The van der Waals surface area contributed by atoms with Crippen molar-refractivity contribution >= 4 is 5.97 Å². The summed E-state index contributed by atoms with van der Waals surface area (Å²) in [5, 5.41) is 3.36. The zero-order valence-corrected chi connectivity index (χ0v) is 9.98. The first-order valence-corrected chi connectivity index (χ1v) is 6.13. The van der Waals surface area contributed by atoms with E-state index in [4.69, 9.17) is 4.74 Å². The summed E-state index contributed by atoms with van der Waals surface area (Å²) in [6, 6.07) is 10.2. The second-order valence-electron chi connectivity index (χ2n) is 5.42. The maximum Gasteiger partial charge on any atom is 0.311 e. The maximum absolute atomic E-state index is 12.0. The van der Waals surface area contributed by atoms with Gasteiger partial charge < -0.3 is 10.1 Å². The highest BCUT2D eigenvalue weighted by molar-refractivity contribution is 5.76. The number of ether oxygens (including phenoxy) is 1. The van der Waals surface area contributed by atoms with Crippen LogP contribution in [-0.4, -0.2) is 18.6 Å². The van der Waals surface area contributed by atoms with E-state index < -0.39 is 0 Å². The molecule has 2 heterocycles. The minimum Gasteiger partial charge on any atom is -0.461 e. The predicted octanol–water partition coefficient (Wildman–Crippen LogP) is 1.73. The van der Waals surface area contributed by atoms with Crippen LogP contribution < -0.4 is 5.32 Å². The number of carbonyl (C=O) groups is 1. The van der Waals surface area contributed by atoms with E-state index in [1.54, 1.807) is 0 Å². The van der Waals surface area contributed by atoms with Crippen LogP contribution >= 0.6 is 0 Å². The third-order valence-corrected chi connectivity index (χ3v) is 4.09. The molecule has 3 aliphatic rings. The molecule has 3 heteroatoms. The highest BCUT2D eigenvalue weighted by Crippen LogP contribution is 2.51. The summed E-state index contributed by atoms with van der Waals surface area (Å²) in [5.41, 5.74) is 1.18. The third kappa shape index (κ3) is 1.75. The fourth-order valence-electron chi connectivity index (χ4n) is 3.08. The van der Waals surface area contributed by atoms with Crippen molar-refractivity contribution in [1.82, 2.24) is 5.32 Å². The molecule has 1 saturated carbocycles. The van der Waals surface area contributed by atoms with Gasteiger partial charge in [0.15, 0.2) is 0 Å². The molecule has 3 atom stereocenters. The van der Waals surface area contributed by atoms with Crippen LogP contribution in [0.4, 0.5) is 0 Å². The number of carbonyl (C=O) groups excluding carboxylic acids is 1. The van der Waals surface area contributed by atoms with E-state index in [1.165, 1.54) is 0 Å². The summed E-state index contributed by atoms with van der Waals surface area (Å²) in [6.45, 7) is 3.50. The molecule has 90 valence electrons. The molecule has 3 fully saturated rings. The van der Waals surface area contributed by atoms with Gasteiger partial charge in [-0.15, -0.1) is 0 Å². The van der Waals surface area contributed by atoms with E-state index in [9.17, 15) is 4.79 Å². The minimum atomic E-state index is -0.0439. The first-order chi connectivity index (χ1) is 8.19. The Balaban J connectivity index is 1.58. The molecule has 1 aromatic rings. The van der Waals surface area contributed by atoms with E-state index in [-0.39, 0.29) is 17.3 Å². The van der Waals surface area contributed by atoms with Gasteiger partial charge in [0.1, 0.15) is 6.61 Å². The van der Waals surface area contributed by atoms with Crippen LogP contribution in [0.25, 0.3) is 0 Å². The second kappa shape index (κ2) is 3.84. The van der Waals surface area contributed by atoms with Crippen molar-refractivity contribution in [3.63, 3.8) is 0 Å². The molecule has 0 aromatic heterocycles. The van der Waals surface area contributed by atoms with E-state index >= 15 is 0 Å². The van der Waals surface area contributed by atoms with Crippen LogP contribution in [0.15, 0.2) is 30.3 Å². The lowest BCUT2D eigenvalue weighted by Gasteiger charge is -2.41. The number of esters is 1. The van der Waals surface area contributed by atoms with Crippen molar-refractivity contribution in [1.29, 1.82) is 0 Å². The summed E-state index contributed by atoms with van der Waals surface area (Å²) >= 11 is 0. The van der Waals surface area contributed by atoms with Crippen molar-refractivity contribution < 1.29 is 9.53 Å². The number of rotatable bonds is 3. The van der Waals surface area contributed by atoms with Gasteiger partial charge in [0.25, 0.3) is 0 Å². The summed E-state index contributed by atoms with van der Waals surface area (Å²) in [6.07, 6.45) is 1.11. The van der Waals surface area contributed by atoms with Crippen LogP contribution in [0.1, 0.15) is 18.9 Å². The molecule has 17 heavy (non-hydrogen) atoms. The normalized spacial score (nSPS) is 34.2. The van der Waals surface area contributed by atoms with Crippen LogP contribution in [0.3, 0.4) is 0 Å². The lowest BCUT2D eigenvalue weighted by molar-refractivity contribution is -0.159. The smallest absolute Gasteiger partial charge is 0.311 e. The molecule has 0 radical (unpaired) electrons. The van der Waals surface area contributed by atoms with Crippen LogP contribution in [0, 0.1) is 11.3 Å². The SMILES string of the molecule is CC12CNC(C1)C2C(=O)OCc1ccccc1. The van der Waals surface area contributed by atoms with Gasteiger partial charge in [0.2, 0.25) is 0 Å². The van der Waals surface area contributed by atoms with Gasteiger partial charge in [0.05, 0.1) is 5.92 Å². The van der Waals surface area contributed by atoms with E-state index in [0.29, 0.717) is 12.6 Å². The zero-order chi connectivity index (χ0) is 11.9. The van der Waals surface area contributed by atoms with Gasteiger partial charge in [-0.25, -0.2) is 0 Å². The fraction of sp³-hybridized carbons (Fsp3) is 0.500. The Labute approximate surface area is 101 Å². The van der Waals surface area contributed by atoms with Crippen LogP contribution in [-0.2, 0) is 16.1 Å². The average Bonchev–Trinajstić information content (AvgIpc) is 2.85. The Morgan fingerprint density at radius 2 is 2.24 bits per heavy atom. The lowest BCUT2D eigenvalue weighted by atomic mass is 9.62. The summed E-state index contributed by atoms with van der Waals surface area (Å²) < 4.78 is 5.40. The van der Waals surface area contributed by atoms with Crippen LogP contribution in [0.5, 0.6) is 0 Å². The monoisotopic (exact) mass is 231 g/mol. The van der Waals surface area contributed by atoms with Crippen molar-refractivity contribution in [2.45, 2.75) is 26.0 Å². The number of fused-ring (bicyclic) bond motifs is 1. The first kappa shape index (κ1) is 10.8. The van der Waals surface area contributed by atoms with Crippen molar-refractivity contribution in [2.75, 3.05) is 6.54 Å². The molecule has 2 aliphatic heterocycles. The van der Waals surface area contributed by atoms with Gasteiger partial charge in [-0.3, -0.25) is 4.79 Å². The Morgan fingerprint density at radius 3 is 2.82 bits per heavy atom.